The van der Waals surface area contributed by atoms with E-state index in [9.17, 15) is 5.11 Å². The normalized spacial score (nSPS) is 17.8. The first-order chi connectivity index (χ1) is 10.2. The minimum absolute atomic E-state index is 0.304. The van der Waals surface area contributed by atoms with Gasteiger partial charge in [0.2, 0.25) is 0 Å². The molecule has 1 saturated carbocycles. The molecule has 0 aromatic heterocycles. The van der Waals surface area contributed by atoms with Crippen LogP contribution in [0.25, 0.3) is 0 Å². The molecule has 1 aromatic carbocycles. The molecule has 0 aliphatic heterocycles. The highest BCUT2D eigenvalue weighted by Crippen LogP contribution is 2.28. The second kappa shape index (κ2) is 9.09. The van der Waals surface area contributed by atoms with Gasteiger partial charge in [-0.1, -0.05) is 63.5 Å². The summed E-state index contributed by atoms with van der Waals surface area (Å²) in [6.45, 7) is 0. The number of aromatic hydroxyl groups is 1. The van der Waals surface area contributed by atoms with Crippen LogP contribution in [0.3, 0.4) is 0 Å². The number of aryl methyl sites for hydroxylation is 1. The Hall–Kier alpha value is -1.02. The number of nitrogens with two attached hydrogens (primary N) is 1. The molecule has 1 aromatic rings. The van der Waals surface area contributed by atoms with Crippen LogP contribution in [0.4, 0.5) is 0 Å². The van der Waals surface area contributed by atoms with Crippen molar-refractivity contribution in [3.05, 3.63) is 29.8 Å². The molecule has 2 heteroatoms. The molecule has 1 aliphatic carbocycles. The molecule has 1 aliphatic rings. The monoisotopic (exact) mass is 289 g/mol. The molecule has 0 radical (unpaired) electrons. The molecule has 2 nitrogen and oxygen atoms in total. The molecule has 0 heterocycles. The Bertz CT molecular complexity index is 398. The highest BCUT2D eigenvalue weighted by molar-refractivity contribution is 5.27. The van der Waals surface area contributed by atoms with Crippen LogP contribution in [0.5, 0.6) is 5.75 Å². The Balaban J connectivity index is 1.54. The summed E-state index contributed by atoms with van der Waals surface area (Å²) in [6, 6.07) is 7.83. The highest BCUT2D eigenvalue weighted by Gasteiger charge is 2.13. The van der Waals surface area contributed by atoms with Gasteiger partial charge in [0, 0.05) is 6.04 Å². The van der Waals surface area contributed by atoms with Crippen LogP contribution in [-0.2, 0) is 6.42 Å². The summed E-state index contributed by atoms with van der Waals surface area (Å²) in [4.78, 5) is 0. The van der Waals surface area contributed by atoms with Crippen molar-refractivity contribution in [1.82, 2.24) is 0 Å². The number of hydrogen-bond acceptors (Lipinski definition) is 2. The molecule has 1 unspecified atom stereocenters. The predicted molar refractivity (Wildman–Crippen MR) is 89.4 cm³/mol. The van der Waals surface area contributed by atoms with E-state index in [1.165, 1.54) is 56.9 Å². The minimum Gasteiger partial charge on any atom is -0.508 e. The van der Waals surface area contributed by atoms with Crippen LogP contribution in [0.2, 0.25) is 0 Å². The largest absolute Gasteiger partial charge is 0.508 e. The fraction of sp³-hybridized carbons (Fsp3) is 0.684. The van der Waals surface area contributed by atoms with Crippen LogP contribution >= 0.6 is 0 Å². The van der Waals surface area contributed by atoms with E-state index in [1.54, 1.807) is 6.07 Å². The molecule has 3 N–H and O–H groups in total. The molecule has 0 spiro atoms. The van der Waals surface area contributed by atoms with Gasteiger partial charge in [0.25, 0.3) is 0 Å². The van der Waals surface area contributed by atoms with Crippen LogP contribution in [0.1, 0.15) is 69.8 Å². The first kappa shape index (κ1) is 16.4. The van der Waals surface area contributed by atoms with Gasteiger partial charge in [-0.3, -0.25) is 0 Å². The third kappa shape index (κ3) is 6.52. The zero-order valence-corrected chi connectivity index (χ0v) is 13.3. The van der Waals surface area contributed by atoms with Crippen molar-refractivity contribution in [3.8, 4) is 5.75 Å². The minimum atomic E-state index is 0.304. The quantitative estimate of drug-likeness (QED) is 0.676. The lowest BCUT2D eigenvalue weighted by Crippen LogP contribution is -2.20. The van der Waals surface area contributed by atoms with Crippen LogP contribution in [-0.4, -0.2) is 11.1 Å². The van der Waals surface area contributed by atoms with Gasteiger partial charge in [-0.25, -0.2) is 0 Å². The summed E-state index contributed by atoms with van der Waals surface area (Å²) in [6.07, 6.45) is 14.5. The number of rotatable bonds is 8. The average Bonchev–Trinajstić information content (AvgIpc) is 2.51. The molecule has 2 rings (SSSR count). The maximum absolute atomic E-state index is 9.44. The molecule has 0 bridgehead atoms. The number of unbranched alkanes of at least 4 members (excludes halogenated alkanes) is 1. The molecular weight excluding hydrogens is 258 g/mol. The topological polar surface area (TPSA) is 46.2 Å². The summed E-state index contributed by atoms with van der Waals surface area (Å²) in [5, 5.41) is 9.44. The summed E-state index contributed by atoms with van der Waals surface area (Å²) >= 11 is 0. The Labute approximate surface area is 129 Å². The fourth-order valence-corrected chi connectivity index (χ4v) is 3.52. The average molecular weight is 289 g/mol. The van der Waals surface area contributed by atoms with Crippen LogP contribution in [0, 0.1) is 5.92 Å². The van der Waals surface area contributed by atoms with E-state index in [2.05, 4.69) is 6.07 Å². The first-order valence-corrected chi connectivity index (χ1v) is 8.77. The van der Waals surface area contributed by atoms with Gasteiger partial charge >= 0.3 is 0 Å². The molecular formula is C19H31NO. The van der Waals surface area contributed by atoms with Crippen molar-refractivity contribution in [2.24, 2.45) is 11.7 Å². The van der Waals surface area contributed by atoms with Gasteiger partial charge in [-0.05, 0) is 42.9 Å². The van der Waals surface area contributed by atoms with Gasteiger partial charge in [0.1, 0.15) is 5.75 Å². The summed E-state index contributed by atoms with van der Waals surface area (Å²) in [5.41, 5.74) is 7.40. The van der Waals surface area contributed by atoms with Gasteiger partial charge < -0.3 is 10.8 Å². The van der Waals surface area contributed by atoms with Crippen molar-refractivity contribution in [1.29, 1.82) is 0 Å². The zero-order chi connectivity index (χ0) is 14.9. The van der Waals surface area contributed by atoms with E-state index < -0.39 is 0 Å². The Morgan fingerprint density at radius 2 is 1.90 bits per heavy atom. The van der Waals surface area contributed by atoms with Gasteiger partial charge in [0.15, 0.2) is 0 Å². The van der Waals surface area contributed by atoms with E-state index in [0.29, 0.717) is 11.8 Å². The molecule has 21 heavy (non-hydrogen) atoms. The summed E-state index contributed by atoms with van der Waals surface area (Å²) < 4.78 is 0. The summed E-state index contributed by atoms with van der Waals surface area (Å²) in [7, 11) is 0. The lowest BCUT2D eigenvalue weighted by Gasteiger charge is -2.21. The second-order valence-corrected chi connectivity index (χ2v) is 6.76. The maximum Gasteiger partial charge on any atom is 0.115 e. The predicted octanol–water partition coefficient (Wildman–Crippen LogP) is 4.79. The smallest absolute Gasteiger partial charge is 0.115 e. The van der Waals surface area contributed by atoms with Crippen LogP contribution in [0.15, 0.2) is 24.3 Å². The third-order valence-corrected chi connectivity index (χ3v) is 4.88. The van der Waals surface area contributed by atoms with E-state index in [4.69, 9.17) is 5.73 Å². The second-order valence-electron chi connectivity index (χ2n) is 6.76. The zero-order valence-electron chi connectivity index (χ0n) is 13.3. The number of phenolic OH excluding ortho intramolecular Hbond substituents is 1. The number of benzene rings is 1. The number of hydrogen-bond donors (Lipinski definition) is 2. The lowest BCUT2D eigenvalue weighted by molar-refractivity contribution is 0.326. The summed E-state index contributed by atoms with van der Waals surface area (Å²) in [5.74, 6) is 1.36. The Morgan fingerprint density at radius 3 is 2.67 bits per heavy atom. The SMILES string of the molecule is NC(CCCCC1CCCCC1)CCc1cccc(O)c1. The molecule has 118 valence electrons. The standard InChI is InChI=1S/C19H31NO/c20-18(14-13-17-10-6-12-19(21)15-17)11-5-4-9-16-7-2-1-3-8-16/h6,10,12,15-16,18,21H,1-5,7-9,11,13-14,20H2. The van der Waals surface area contributed by atoms with Crippen molar-refractivity contribution >= 4 is 0 Å². The Kier molecular flexibility index (Phi) is 7.08. The fourth-order valence-electron chi connectivity index (χ4n) is 3.52. The van der Waals surface area contributed by atoms with Gasteiger partial charge in [-0.15, -0.1) is 0 Å². The van der Waals surface area contributed by atoms with Crippen LogP contribution < -0.4 is 5.73 Å². The first-order valence-electron chi connectivity index (χ1n) is 8.77. The Morgan fingerprint density at radius 1 is 1.10 bits per heavy atom. The van der Waals surface area contributed by atoms with Crippen molar-refractivity contribution < 1.29 is 5.11 Å². The van der Waals surface area contributed by atoms with E-state index in [0.717, 1.165) is 25.2 Å². The van der Waals surface area contributed by atoms with Crippen molar-refractivity contribution in [2.75, 3.05) is 0 Å². The molecule has 1 atom stereocenters. The van der Waals surface area contributed by atoms with Crippen molar-refractivity contribution in [2.45, 2.75) is 76.7 Å². The lowest BCUT2D eigenvalue weighted by atomic mass is 9.85. The van der Waals surface area contributed by atoms with E-state index in [-0.39, 0.29) is 0 Å². The van der Waals surface area contributed by atoms with E-state index >= 15 is 0 Å². The van der Waals surface area contributed by atoms with Gasteiger partial charge in [0.05, 0.1) is 0 Å². The number of phenols is 1. The van der Waals surface area contributed by atoms with Crippen molar-refractivity contribution in [3.63, 3.8) is 0 Å². The molecule has 0 amide bonds. The van der Waals surface area contributed by atoms with E-state index in [1.807, 2.05) is 12.1 Å². The van der Waals surface area contributed by atoms with Gasteiger partial charge in [-0.2, -0.15) is 0 Å². The third-order valence-electron chi connectivity index (χ3n) is 4.88. The highest BCUT2D eigenvalue weighted by atomic mass is 16.3. The maximum atomic E-state index is 9.44. The molecule has 0 saturated heterocycles. The molecule has 1 fully saturated rings.